The van der Waals surface area contributed by atoms with E-state index in [1.165, 1.54) is 17.4 Å². The van der Waals surface area contributed by atoms with Crippen molar-refractivity contribution in [2.24, 2.45) is 5.92 Å². The largest absolute Gasteiger partial charge is 0.320 e. The van der Waals surface area contributed by atoms with Crippen LogP contribution in [0.1, 0.15) is 29.3 Å². The summed E-state index contributed by atoms with van der Waals surface area (Å²) in [4.78, 5) is 21.6. The molecule has 4 rings (SSSR count). The predicted octanol–water partition coefficient (Wildman–Crippen LogP) is 5.77. The fourth-order valence-corrected chi connectivity index (χ4v) is 4.28. The molecule has 2 aromatic heterocycles. The van der Waals surface area contributed by atoms with Crippen molar-refractivity contribution in [3.05, 3.63) is 76.5 Å². The molecule has 0 aliphatic heterocycles. The molecular weight excluding hydrogens is 430 g/mol. The monoisotopic (exact) mass is 449 g/mol. The molecule has 0 bridgehead atoms. The minimum atomic E-state index is -0.374. The number of rotatable bonds is 6. The van der Waals surface area contributed by atoms with Gasteiger partial charge in [0.2, 0.25) is 0 Å². The Balaban J connectivity index is 1.62. The highest BCUT2D eigenvalue weighted by Gasteiger charge is 2.17. The first kappa shape index (κ1) is 21.1. The first-order chi connectivity index (χ1) is 15.0. The third-order valence-electron chi connectivity index (χ3n) is 4.41. The summed E-state index contributed by atoms with van der Waals surface area (Å²) >= 11 is 7.70. The minimum absolute atomic E-state index is 0.186. The highest BCUT2D eigenvalue weighted by molar-refractivity contribution is 7.14. The Bertz CT molecular complexity index is 1210. The molecule has 6 nitrogen and oxygen atoms in total. The van der Waals surface area contributed by atoms with Gasteiger partial charge < -0.3 is 5.32 Å². The number of nitrogens with zero attached hydrogens (tertiary/aromatic N) is 4. The van der Waals surface area contributed by atoms with Crippen LogP contribution in [0.4, 0.5) is 5.69 Å². The molecule has 4 aromatic rings. The van der Waals surface area contributed by atoms with Crippen molar-refractivity contribution in [1.29, 1.82) is 0 Å². The molecule has 0 aliphatic carbocycles. The van der Waals surface area contributed by atoms with Gasteiger partial charge in [-0.05, 0) is 18.1 Å². The molecule has 156 valence electrons. The number of halogens is 1. The van der Waals surface area contributed by atoms with Crippen molar-refractivity contribution in [2.75, 3.05) is 5.32 Å². The third-order valence-corrected chi connectivity index (χ3v) is 5.59. The number of benzene rings is 2. The lowest BCUT2D eigenvalue weighted by molar-refractivity contribution is 0.102. The number of nitrogens with one attached hydrogen (secondary N) is 1. The molecule has 1 amide bonds. The van der Waals surface area contributed by atoms with E-state index in [1.807, 2.05) is 54.6 Å². The number of hydrogen-bond donors (Lipinski definition) is 1. The molecule has 0 spiro atoms. The van der Waals surface area contributed by atoms with Crippen LogP contribution in [-0.2, 0) is 6.42 Å². The molecule has 0 radical (unpaired) electrons. The van der Waals surface area contributed by atoms with E-state index in [9.17, 15) is 4.79 Å². The first-order valence-corrected chi connectivity index (χ1v) is 11.0. The maximum absolute atomic E-state index is 13.0. The van der Waals surface area contributed by atoms with E-state index in [0.29, 0.717) is 17.4 Å². The molecular formula is C23H20ClN5OS. The summed E-state index contributed by atoms with van der Waals surface area (Å²) in [6, 6.07) is 18.4. The van der Waals surface area contributed by atoms with Gasteiger partial charge >= 0.3 is 0 Å². The Hall–Kier alpha value is -3.16. The standard InChI is InChI=1S/C23H20ClN5OS/c1-14(2)12-20-28-29-23(31-20)16-10-6-7-11-17(16)26-22(30)18-13-19(24)27-21(25-18)15-8-4-3-5-9-15/h3-11,13-14H,12H2,1-2H3,(H,26,30). The van der Waals surface area contributed by atoms with E-state index in [2.05, 4.69) is 39.3 Å². The van der Waals surface area contributed by atoms with E-state index in [1.54, 1.807) is 0 Å². The molecule has 0 fully saturated rings. The lowest BCUT2D eigenvalue weighted by Gasteiger charge is -2.10. The van der Waals surface area contributed by atoms with Crippen molar-refractivity contribution in [1.82, 2.24) is 20.2 Å². The van der Waals surface area contributed by atoms with Crippen LogP contribution in [0, 0.1) is 5.92 Å². The third kappa shape index (κ3) is 5.13. The van der Waals surface area contributed by atoms with Gasteiger partial charge in [0.05, 0.1) is 5.69 Å². The Morgan fingerprint density at radius 1 is 1.03 bits per heavy atom. The Labute approximate surface area is 189 Å². The highest BCUT2D eigenvalue weighted by Crippen LogP contribution is 2.31. The summed E-state index contributed by atoms with van der Waals surface area (Å²) in [7, 11) is 0. The maximum atomic E-state index is 13.0. The molecule has 0 unspecified atom stereocenters. The van der Waals surface area contributed by atoms with Crippen molar-refractivity contribution >= 4 is 34.5 Å². The van der Waals surface area contributed by atoms with Gasteiger partial charge in [-0.25, -0.2) is 9.97 Å². The number of anilines is 1. The molecule has 8 heteroatoms. The van der Waals surface area contributed by atoms with Gasteiger partial charge in [-0.2, -0.15) is 0 Å². The predicted molar refractivity (Wildman–Crippen MR) is 124 cm³/mol. The average molecular weight is 450 g/mol. The van der Waals surface area contributed by atoms with Crippen LogP contribution in [-0.4, -0.2) is 26.1 Å². The molecule has 1 N–H and O–H groups in total. The molecule has 0 atom stereocenters. The average Bonchev–Trinajstić information content (AvgIpc) is 3.22. The number of para-hydroxylation sites is 1. The van der Waals surface area contributed by atoms with E-state index >= 15 is 0 Å². The molecule has 31 heavy (non-hydrogen) atoms. The molecule has 0 aliphatic rings. The van der Waals surface area contributed by atoms with Gasteiger partial charge in [-0.15, -0.1) is 10.2 Å². The van der Waals surface area contributed by atoms with Crippen LogP contribution in [0.15, 0.2) is 60.7 Å². The lowest BCUT2D eigenvalue weighted by Crippen LogP contribution is -2.15. The summed E-state index contributed by atoms with van der Waals surface area (Å²) < 4.78 is 0. The van der Waals surface area contributed by atoms with Gasteiger partial charge in [0.25, 0.3) is 5.91 Å². The van der Waals surface area contributed by atoms with Gasteiger partial charge in [0.15, 0.2) is 5.82 Å². The first-order valence-electron chi connectivity index (χ1n) is 9.82. The van der Waals surface area contributed by atoms with Crippen LogP contribution >= 0.6 is 22.9 Å². The second-order valence-corrected chi connectivity index (χ2v) is 8.81. The number of aromatic nitrogens is 4. The van der Waals surface area contributed by atoms with E-state index in [-0.39, 0.29) is 16.8 Å². The summed E-state index contributed by atoms with van der Waals surface area (Å²) in [5.74, 6) is 0.520. The van der Waals surface area contributed by atoms with Crippen molar-refractivity contribution < 1.29 is 4.79 Å². The molecule has 2 heterocycles. The van der Waals surface area contributed by atoms with Gasteiger partial charge in [0, 0.05) is 23.6 Å². The number of amides is 1. The zero-order valence-electron chi connectivity index (χ0n) is 17.0. The van der Waals surface area contributed by atoms with Crippen LogP contribution in [0.3, 0.4) is 0 Å². The Kier molecular flexibility index (Phi) is 6.34. The van der Waals surface area contributed by atoms with Crippen molar-refractivity contribution in [3.8, 4) is 22.0 Å². The summed E-state index contributed by atoms with van der Waals surface area (Å²) in [5.41, 5.74) is 2.42. The zero-order chi connectivity index (χ0) is 21.8. The van der Waals surface area contributed by atoms with Crippen LogP contribution in [0.25, 0.3) is 22.0 Å². The minimum Gasteiger partial charge on any atom is -0.320 e. The van der Waals surface area contributed by atoms with E-state index in [0.717, 1.165) is 27.6 Å². The fraction of sp³-hybridized carbons (Fsp3) is 0.174. The molecule has 0 saturated carbocycles. The lowest BCUT2D eigenvalue weighted by atomic mass is 10.1. The SMILES string of the molecule is CC(C)Cc1nnc(-c2ccccc2NC(=O)c2cc(Cl)nc(-c3ccccc3)n2)s1. The topological polar surface area (TPSA) is 80.7 Å². The summed E-state index contributed by atoms with van der Waals surface area (Å²) in [5, 5.41) is 13.5. The fourth-order valence-electron chi connectivity index (χ4n) is 3.01. The van der Waals surface area contributed by atoms with Crippen molar-refractivity contribution in [2.45, 2.75) is 20.3 Å². The van der Waals surface area contributed by atoms with Gasteiger partial charge in [-0.3, -0.25) is 4.79 Å². The zero-order valence-corrected chi connectivity index (χ0v) is 18.6. The number of hydrogen-bond acceptors (Lipinski definition) is 6. The Morgan fingerprint density at radius 2 is 1.77 bits per heavy atom. The van der Waals surface area contributed by atoms with E-state index < -0.39 is 0 Å². The second kappa shape index (κ2) is 9.32. The van der Waals surface area contributed by atoms with Crippen LogP contribution in [0.5, 0.6) is 0 Å². The molecule has 0 saturated heterocycles. The quantitative estimate of drug-likeness (QED) is 0.378. The van der Waals surface area contributed by atoms with Crippen LogP contribution < -0.4 is 5.32 Å². The van der Waals surface area contributed by atoms with E-state index in [4.69, 9.17) is 11.6 Å². The summed E-state index contributed by atoms with van der Waals surface area (Å²) in [6.45, 7) is 4.29. The smallest absolute Gasteiger partial charge is 0.274 e. The maximum Gasteiger partial charge on any atom is 0.274 e. The van der Waals surface area contributed by atoms with Gasteiger partial charge in [0.1, 0.15) is 20.9 Å². The number of carbonyl (C=O) groups excluding carboxylic acids is 1. The summed E-state index contributed by atoms with van der Waals surface area (Å²) in [6.07, 6.45) is 0.869. The molecule has 2 aromatic carbocycles. The van der Waals surface area contributed by atoms with Gasteiger partial charge in [-0.1, -0.05) is 79.2 Å². The normalized spacial score (nSPS) is 11.0. The second-order valence-electron chi connectivity index (χ2n) is 7.36. The highest BCUT2D eigenvalue weighted by atomic mass is 35.5. The van der Waals surface area contributed by atoms with Crippen LogP contribution in [0.2, 0.25) is 5.15 Å². The number of carbonyl (C=O) groups is 1. The van der Waals surface area contributed by atoms with Crippen molar-refractivity contribution in [3.63, 3.8) is 0 Å². The Morgan fingerprint density at radius 3 is 2.55 bits per heavy atom.